The first-order valence-corrected chi connectivity index (χ1v) is 4.90. The first kappa shape index (κ1) is 9.06. The average molecular weight is 202 g/mol. The Bertz CT molecular complexity index is 233. The summed E-state index contributed by atoms with van der Waals surface area (Å²) in [4.78, 5) is 0. The minimum Gasteiger partial charge on any atom is -0.361 e. The van der Waals surface area contributed by atoms with Gasteiger partial charge in [-0.05, 0) is 6.92 Å². The largest absolute Gasteiger partial charge is 0.361 e. The van der Waals surface area contributed by atoms with Gasteiger partial charge < -0.3 is 23.7 Å². The Labute approximate surface area is 82.2 Å². The van der Waals surface area contributed by atoms with Crippen LogP contribution in [0.25, 0.3) is 0 Å². The maximum Gasteiger partial charge on any atom is 0.186 e. The van der Waals surface area contributed by atoms with E-state index in [1.807, 2.05) is 6.92 Å². The Morgan fingerprint density at radius 3 is 2.71 bits per heavy atom. The van der Waals surface area contributed by atoms with Crippen molar-refractivity contribution in [1.29, 1.82) is 0 Å². The van der Waals surface area contributed by atoms with Crippen LogP contribution < -0.4 is 0 Å². The molecule has 0 amide bonds. The Hall–Kier alpha value is -0.200. The van der Waals surface area contributed by atoms with E-state index in [0.717, 1.165) is 0 Å². The number of methoxy groups -OCH3 is 1. The number of rotatable bonds is 1. The molecule has 0 aromatic heterocycles. The van der Waals surface area contributed by atoms with Gasteiger partial charge in [0.25, 0.3) is 0 Å². The number of ether oxygens (including phenoxy) is 5. The van der Waals surface area contributed by atoms with E-state index in [0.29, 0.717) is 6.61 Å². The van der Waals surface area contributed by atoms with Crippen molar-refractivity contribution in [2.45, 2.75) is 43.9 Å². The summed E-state index contributed by atoms with van der Waals surface area (Å²) >= 11 is 0. The molecule has 3 saturated heterocycles. The molecule has 80 valence electrons. The molecule has 0 spiro atoms. The Morgan fingerprint density at radius 2 is 1.93 bits per heavy atom. The molecule has 5 heteroatoms. The Morgan fingerprint density at radius 1 is 1.07 bits per heavy atom. The summed E-state index contributed by atoms with van der Waals surface area (Å²) in [6.07, 6.45) is -0.294. The van der Waals surface area contributed by atoms with Crippen LogP contribution in [-0.4, -0.2) is 50.7 Å². The van der Waals surface area contributed by atoms with Crippen LogP contribution in [0.4, 0.5) is 0 Å². The molecule has 5 nitrogen and oxygen atoms in total. The van der Waals surface area contributed by atoms with Crippen LogP contribution in [0.5, 0.6) is 0 Å². The van der Waals surface area contributed by atoms with E-state index in [-0.39, 0.29) is 37.0 Å². The normalized spacial score (nSPS) is 56.1. The van der Waals surface area contributed by atoms with E-state index in [1.54, 1.807) is 7.11 Å². The molecule has 0 bridgehead atoms. The molecule has 14 heavy (non-hydrogen) atoms. The fourth-order valence-electron chi connectivity index (χ4n) is 2.14. The minimum absolute atomic E-state index is 0.00940. The molecule has 3 heterocycles. The lowest BCUT2D eigenvalue weighted by molar-refractivity contribution is -0.295. The number of hydrogen-bond donors (Lipinski definition) is 0. The van der Waals surface area contributed by atoms with E-state index in [9.17, 15) is 0 Å². The van der Waals surface area contributed by atoms with Crippen LogP contribution in [0.3, 0.4) is 0 Å². The van der Waals surface area contributed by atoms with E-state index in [2.05, 4.69) is 0 Å². The van der Waals surface area contributed by atoms with Crippen molar-refractivity contribution in [1.82, 2.24) is 0 Å². The first-order valence-electron chi connectivity index (χ1n) is 4.90. The van der Waals surface area contributed by atoms with Crippen molar-refractivity contribution in [2.24, 2.45) is 0 Å². The summed E-state index contributed by atoms with van der Waals surface area (Å²) in [5, 5.41) is 0. The van der Waals surface area contributed by atoms with Crippen LogP contribution in [0, 0.1) is 0 Å². The zero-order valence-corrected chi connectivity index (χ0v) is 8.21. The second-order valence-electron chi connectivity index (χ2n) is 3.85. The molecular formula is C9H14O5. The molecule has 0 saturated carbocycles. The fourth-order valence-corrected chi connectivity index (χ4v) is 2.14. The summed E-state index contributed by atoms with van der Waals surface area (Å²) in [6.45, 7) is 2.44. The molecule has 0 aromatic rings. The van der Waals surface area contributed by atoms with Gasteiger partial charge in [0.1, 0.15) is 24.4 Å². The molecule has 0 aromatic carbocycles. The van der Waals surface area contributed by atoms with Crippen molar-refractivity contribution in [3.63, 3.8) is 0 Å². The minimum atomic E-state index is -0.262. The van der Waals surface area contributed by atoms with Gasteiger partial charge >= 0.3 is 0 Å². The number of fused-ring (bicyclic) bond motifs is 3. The zero-order chi connectivity index (χ0) is 9.71. The maximum atomic E-state index is 5.64. The molecule has 3 aliphatic rings. The molecule has 0 N–H and O–H groups in total. The lowest BCUT2D eigenvalue weighted by Crippen LogP contribution is -2.53. The average Bonchev–Trinajstić information content (AvgIpc) is 2.96. The highest BCUT2D eigenvalue weighted by Crippen LogP contribution is 2.41. The van der Waals surface area contributed by atoms with Gasteiger partial charge in [0.2, 0.25) is 0 Å². The highest BCUT2D eigenvalue weighted by molar-refractivity contribution is 5.02. The third-order valence-electron chi connectivity index (χ3n) is 2.91. The van der Waals surface area contributed by atoms with E-state index < -0.39 is 0 Å². The van der Waals surface area contributed by atoms with Crippen molar-refractivity contribution in [3.8, 4) is 0 Å². The van der Waals surface area contributed by atoms with E-state index in [1.165, 1.54) is 0 Å². The Kier molecular flexibility index (Phi) is 2.04. The highest BCUT2D eigenvalue weighted by Gasteiger charge is 2.60. The highest BCUT2D eigenvalue weighted by atomic mass is 16.8. The molecule has 0 radical (unpaired) electrons. The van der Waals surface area contributed by atoms with E-state index >= 15 is 0 Å². The van der Waals surface area contributed by atoms with Gasteiger partial charge in [-0.15, -0.1) is 0 Å². The van der Waals surface area contributed by atoms with Gasteiger partial charge in [-0.1, -0.05) is 0 Å². The maximum absolute atomic E-state index is 5.64. The molecule has 6 atom stereocenters. The molecule has 3 fully saturated rings. The third kappa shape index (κ3) is 1.28. The molecule has 6 unspecified atom stereocenters. The molecular weight excluding hydrogens is 188 g/mol. The predicted octanol–water partition coefficient (Wildman–Crippen LogP) is -0.114. The van der Waals surface area contributed by atoms with Gasteiger partial charge in [-0.2, -0.15) is 0 Å². The zero-order valence-electron chi connectivity index (χ0n) is 8.21. The van der Waals surface area contributed by atoms with Crippen molar-refractivity contribution >= 4 is 0 Å². The second-order valence-corrected chi connectivity index (χ2v) is 3.85. The summed E-state index contributed by atoms with van der Waals surface area (Å²) in [7, 11) is 1.62. The van der Waals surface area contributed by atoms with E-state index in [4.69, 9.17) is 23.7 Å². The van der Waals surface area contributed by atoms with Crippen LogP contribution in [0.2, 0.25) is 0 Å². The molecule has 3 rings (SSSR count). The quantitative estimate of drug-likeness (QED) is 0.555. The summed E-state index contributed by atoms with van der Waals surface area (Å²) in [5.41, 5.74) is 0. The van der Waals surface area contributed by atoms with Crippen molar-refractivity contribution in [3.05, 3.63) is 0 Å². The summed E-state index contributed by atoms with van der Waals surface area (Å²) < 4.78 is 27.2. The predicted molar refractivity (Wildman–Crippen MR) is 44.6 cm³/mol. The number of hydrogen-bond acceptors (Lipinski definition) is 5. The van der Waals surface area contributed by atoms with Gasteiger partial charge in [0, 0.05) is 7.11 Å². The lowest BCUT2D eigenvalue weighted by atomic mass is 10.0. The van der Waals surface area contributed by atoms with Gasteiger partial charge in [-0.25, -0.2) is 0 Å². The van der Waals surface area contributed by atoms with Gasteiger partial charge in [0.15, 0.2) is 12.6 Å². The van der Waals surface area contributed by atoms with Crippen LogP contribution in [0.15, 0.2) is 0 Å². The topological polar surface area (TPSA) is 49.5 Å². The lowest BCUT2D eigenvalue weighted by Gasteiger charge is -2.38. The van der Waals surface area contributed by atoms with Gasteiger partial charge in [0.05, 0.1) is 6.61 Å². The number of epoxide rings is 1. The smallest absolute Gasteiger partial charge is 0.186 e. The fraction of sp³-hybridized carbons (Fsp3) is 1.00. The Balaban J connectivity index is 1.72. The molecule has 3 aliphatic heterocycles. The van der Waals surface area contributed by atoms with Crippen LogP contribution in [-0.2, 0) is 23.7 Å². The van der Waals surface area contributed by atoms with Crippen molar-refractivity contribution < 1.29 is 23.7 Å². The molecule has 0 aliphatic carbocycles. The first-order chi connectivity index (χ1) is 6.79. The third-order valence-corrected chi connectivity index (χ3v) is 2.91. The van der Waals surface area contributed by atoms with Gasteiger partial charge in [-0.3, -0.25) is 0 Å². The summed E-state index contributed by atoms with van der Waals surface area (Å²) in [5.74, 6) is 0. The second kappa shape index (κ2) is 3.15. The van der Waals surface area contributed by atoms with Crippen LogP contribution in [0.1, 0.15) is 6.92 Å². The van der Waals surface area contributed by atoms with Crippen molar-refractivity contribution in [2.75, 3.05) is 13.7 Å². The SMILES string of the molecule is COC1OC2COC(C)OC2C2OC12. The monoisotopic (exact) mass is 202 g/mol. The standard InChI is InChI=1S/C9H14O5/c1-4-11-3-5-6(12-4)7-8(14-7)9(10-2)13-5/h4-9H,3H2,1-2H3. The summed E-state index contributed by atoms with van der Waals surface area (Å²) in [6, 6.07) is 0. The van der Waals surface area contributed by atoms with Crippen LogP contribution >= 0.6 is 0 Å².